The van der Waals surface area contributed by atoms with Gasteiger partial charge in [0.2, 0.25) is 0 Å². The molecule has 0 aliphatic rings. The largest absolute Gasteiger partial charge is 0.422 e. The first kappa shape index (κ1) is 12.5. The molecule has 0 aliphatic heterocycles. The normalized spacial score (nSPS) is 13.6. The van der Waals surface area contributed by atoms with Gasteiger partial charge in [-0.05, 0) is 6.08 Å². The van der Waals surface area contributed by atoms with Gasteiger partial charge in [0.1, 0.15) is 0 Å². The summed E-state index contributed by atoms with van der Waals surface area (Å²) >= 11 is 0. The van der Waals surface area contributed by atoms with Crippen molar-refractivity contribution in [2.75, 3.05) is 0 Å². The standard InChI is InChI=1S/C6H8O4.HO/c1-3-6(9,4-7)10-5(2)8;/h3-4,9H,1H2,2H3;1H. The first-order valence-corrected chi connectivity index (χ1v) is 2.56. The lowest BCUT2D eigenvalue weighted by molar-refractivity contribution is -0.186. The second-order valence-electron chi connectivity index (χ2n) is 1.67. The van der Waals surface area contributed by atoms with Crippen molar-refractivity contribution in [2.24, 2.45) is 0 Å². The first-order valence-electron chi connectivity index (χ1n) is 2.56. The molecule has 0 fully saturated rings. The van der Waals surface area contributed by atoms with Crippen LogP contribution < -0.4 is 0 Å². The molecular weight excluding hydrogens is 152 g/mol. The van der Waals surface area contributed by atoms with E-state index in [1.165, 1.54) is 0 Å². The molecule has 0 saturated heterocycles. The molecule has 0 spiro atoms. The number of esters is 1. The van der Waals surface area contributed by atoms with E-state index < -0.39 is 11.8 Å². The van der Waals surface area contributed by atoms with Crippen LogP contribution in [0.15, 0.2) is 12.7 Å². The number of hydrogen-bond acceptors (Lipinski definition) is 4. The number of ether oxygens (including phenoxy) is 1. The third kappa shape index (κ3) is 4.24. The molecule has 0 aromatic carbocycles. The summed E-state index contributed by atoms with van der Waals surface area (Å²) < 4.78 is 4.17. The molecule has 11 heavy (non-hydrogen) atoms. The summed E-state index contributed by atoms with van der Waals surface area (Å²) in [6.07, 6.45) is 0.919. The fourth-order valence-corrected chi connectivity index (χ4v) is 0.344. The molecule has 5 heteroatoms. The zero-order valence-electron chi connectivity index (χ0n) is 5.98. The average molecular weight is 161 g/mol. The highest BCUT2D eigenvalue weighted by Gasteiger charge is 2.24. The van der Waals surface area contributed by atoms with Gasteiger partial charge in [0.25, 0.3) is 5.79 Å². The highest BCUT2D eigenvalue weighted by molar-refractivity contribution is 5.72. The Bertz CT molecular complexity index is 154. The van der Waals surface area contributed by atoms with E-state index in [1.54, 1.807) is 0 Å². The lowest BCUT2D eigenvalue weighted by atomic mass is 10.3. The fourth-order valence-electron chi connectivity index (χ4n) is 0.344. The van der Waals surface area contributed by atoms with Crippen molar-refractivity contribution in [3.05, 3.63) is 12.7 Å². The van der Waals surface area contributed by atoms with E-state index in [9.17, 15) is 9.59 Å². The number of hydrogen-bond donors (Lipinski definition) is 2. The summed E-state index contributed by atoms with van der Waals surface area (Å²) in [5, 5.41) is 8.87. The van der Waals surface area contributed by atoms with Gasteiger partial charge in [0.05, 0.1) is 0 Å². The van der Waals surface area contributed by atoms with Gasteiger partial charge in [0, 0.05) is 6.92 Å². The molecule has 0 aliphatic carbocycles. The Balaban J connectivity index is 0. The van der Waals surface area contributed by atoms with Crippen LogP contribution >= 0.6 is 0 Å². The molecule has 2 N–H and O–H groups in total. The van der Waals surface area contributed by atoms with Crippen LogP contribution in [-0.4, -0.2) is 28.6 Å². The Morgan fingerprint density at radius 1 is 1.73 bits per heavy atom. The predicted octanol–water partition coefficient (Wildman–Crippen LogP) is -0.554. The van der Waals surface area contributed by atoms with Gasteiger partial charge in [-0.2, -0.15) is 0 Å². The summed E-state index contributed by atoms with van der Waals surface area (Å²) in [5.41, 5.74) is 0. The number of carbonyl (C=O) groups is 2. The monoisotopic (exact) mass is 161 g/mol. The van der Waals surface area contributed by atoms with Crippen molar-refractivity contribution < 1.29 is 24.9 Å². The molecule has 5 nitrogen and oxygen atoms in total. The minimum Gasteiger partial charge on any atom is -0.422 e. The van der Waals surface area contributed by atoms with E-state index >= 15 is 0 Å². The van der Waals surface area contributed by atoms with Crippen molar-refractivity contribution in [2.45, 2.75) is 12.7 Å². The molecular formula is C6H9O5. The van der Waals surface area contributed by atoms with Crippen LogP contribution in [0.4, 0.5) is 0 Å². The van der Waals surface area contributed by atoms with E-state index in [0.29, 0.717) is 0 Å². The summed E-state index contributed by atoms with van der Waals surface area (Å²) in [6.45, 7) is 4.18. The second kappa shape index (κ2) is 4.59. The number of rotatable bonds is 3. The molecule has 0 amide bonds. The highest BCUT2D eigenvalue weighted by Crippen LogP contribution is 2.03. The van der Waals surface area contributed by atoms with E-state index in [1.807, 2.05) is 0 Å². The van der Waals surface area contributed by atoms with Crippen molar-refractivity contribution in [1.82, 2.24) is 0 Å². The quantitative estimate of drug-likeness (QED) is 0.251. The minimum absolute atomic E-state index is 0. The molecule has 1 atom stereocenters. The Labute approximate surface area is 63.6 Å². The third-order valence-electron chi connectivity index (χ3n) is 0.769. The lowest BCUT2D eigenvalue weighted by Gasteiger charge is -2.15. The maximum absolute atomic E-state index is 10.2. The van der Waals surface area contributed by atoms with Gasteiger partial charge in [-0.25, -0.2) is 0 Å². The molecule has 63 valence electrons. The van der Waals surface area contributed by atoms with Crippen LogP contribution in [0, 0.1) is 0 Å². The maximum atomic E-state index is 10.2. The molecule has 0 heterocycles. The van der Waals surface area contributed by atoms with E-state index in [4.69, 9.17) is 5.11 Å². The van der Waals surface area contributed by atoms with E-state index in [2.05, 4.69) is 11.3 Å². The highest BCUT2D eigenvalue weighted by atomic mass is 16.7. The van der Waals surface area contributed by atoms with Crippen LogP contribution in [0.25, 0.3) is 0 Å². The van der Waals surface area contributed by atoms with Crippen LogP contribution in [-0.2, 0) is 14.3 Å². The molecule has 0 saturated carbocycles. The molecule has 0 aromatic heterocycles. The van der Waals surface area contributed by atoms with Gasteiger partial charge in [-0.15, -0.1) is 0 Å². The zero-order chi connectivity index (χ0) is 8.20. The van der Waals surface area contributed by atoms with Crippen molar-refractivity contribution in [1.29, 1.82) is 0 Å². The van der Waals surface area contributed by atoms with Crippen LogP contribution in [0.3, 0.4) is 0 Å². The zero-order valence-corrected chi connectivity index (χ0v) is 5.98. The summed E-state index contributed by atoms with van der Waals surface area (Å²) in [4.78, 5) is 20.2. The second-order valence-corrected chi connectivity index (χ2v) is 1.67. The fraction of sp³-hybridized carbons (Fsp3) is 0.333. The van der Waals surface area contributed by atoms with Crippen molar-refractivity contribution >= 4 is 12.3 Å². The molecule has 0 rings (SSSR count). The lowest BCUT2D eigenvalue weighted by Crippen LogP contribution is -2.33. The van der Waals surface area contributed by atoms with Gasteiger partial charge in [-0.1, -0.05) is 6.58 Å². The van der Waals surface area contributed by atoms with Gasteiger partial charge < -0.3 is 9.84 Å². The number of aldehydes is 1. The number of carbonyl (C=O) groups excluding carboxylic acids is 2. The third-order valence-corrected chi connectivity index (χ3v) is 0.769. The topological polar surface area (TPSA) is 93.6 Å². The minimum atomic E-state index is -2.16. The Kier molecular flexibility index (Phi) is 5.21. The Morgan fingerprint density at radius 2 is 2.18 bits per heavy atom. The molecule has 0 aromatic rings. The van der Waals surface area contributed by atoms with E-state index in [-0.39, 0.29) is 11.8 Å². The smallest absolute Gasteiger partial charge is 0.305 e. The van der Waals surface area contributed by atoms with Crippen LogP contribution in [0.1, 0.15) is 6.92 Å². The van der Waals surface area contributed by atoms with Gasteiger partial charge in [-0.3, -0.25) is 15.1 Å². The van der Waals surface area contributed by atoms with E-state index in [0.717, 1.165) is 13.0 Å². The van der Waals surface area contributed by atoms with Gasteiger partial charge >= 0.3 is 5.97 Å². The maximum Gasteiger partial charge on any atom is 0.305 e. The van der Waals surface area contributed by atoms with Crippen LogP contribution in [0.5, 0.6) is 0 Å². The van der Waals surface area contributed by atoms with Gasteiger partial charge in [0.15, 0.2) is 6.29 Å². The summed E-state index contributed by atoms with van der Waals surface area (Å²) in [7, 11) is 0. The average Bonchev–Trinajstić information content (AvgIpc) is 1.87. The van der Waals surface area contributed by atoms with Crippen LogP contribution in [0.2, 0.25) is 0 Å². The Morgan fingerprint density at radius 3 is 2.27 bits per heavy atom. The summed E-state index contributed by atoms with van der Waals surface area (Å²) in [6, 6.07) is 0. The Hall–Kier alpha value is -1.20. The number of aliphatic hydroxyl groups is 1. The molecule has 1 radical (unpaired) electrons. The molecule has 0 bridgehead atoms. The predicted molar refractivity (Wildman–Crippen MR) is 34.9 cm³/mol. The van der Waals surface area contributed by atoms with Crippen molar-refractivity contribution in [3.8, 4) is 0 Å². The molecule has 1 unspecified atom stereocenters. The summed E-state index contributed by atoms with van der Waals surface area (Å²) in [5.74, 6) is -2.90. The van der Waals surface area contributed by atoms with Crippen molar-refractivity contribution in [3.63, 3.8) is 0 Å². The SMILES string of the molecule is C=CC(O)(C=O)OC(C)=O.[OH]. The first-order chi connectivity index (χ1) is 4.54.